The number of carbonyl (C=O) groups is 1. The number of benzene rings is 1. The number of anilines is 2. The number of amides is 1. The van der Waals surface area contributed by atoms with Gasteiger partial charge in [-0.3, -0.25) is 9.78 Å². The molecule has 1 amide bonds. The molecule has 0 saturated carbocycles. The molecular weight excluding hydrogens is 488 g/mol. The number of ether oxygens (including phenoxy) is 1. The SMILES string of the molecule is C=CC(=O)N1CCC(c2c[nH]c3ncc(C#N)c(Nc4ccc(OCc5ccccn5)c(Cl)c4)c23)CC1. The predicted molar refractivity (Wildman–Crippen MR) is 143 cm³/mol. The Balaban J connectivity index is 1.40. The summed E-state index contributed by atoms with van der Waals surface area (Å²) in [5.41, 5.74) is 4.40. The average Bonchev–Trinajstić information content (AvgIpc) is 3.37. The van der Waals surface area contributed by atoms with Crippen LogP contribution in [0.4, 0.5) is 11.4 Å². The van der Waals surface area contributed by atoms with Crippen molar-refractivity contribution in [2.75, 3.05) is 18.4 Å². The van der Waals surface area contributed by atoms with Gasteiger partial charge in [-0.1, -0.05) is 24.2 Å². The number of fused-ring (bicyclic) bond motifs is 1. The van der Waals surface area contributed by atoms with Crippen LogP contribution in [-0.4, -0.2) is 38.8 Å². The van der Waals surface area contributed by atoms with E-state index in [2.05, 4.69) is 32.9 Å². The number of likely N-dealkylation sites (tertiary alicyclic amines) is 1. The fraction of sp³-hybridized carbons (Fsp3) is 0.214. The molecule has 0 atom stereocenters. The quantitative estimate of drug-likeness (QED) is 0.308. The number of pyridine rings is 2. The first-order valence-corrected chi connectivity index (χ1v) is 12.4. The number of aromatic amines is 1. The maximum atomic E-state index is 12.0. The summed E-state index contributed by atoms with van der Waals surface area (Å²) in [6, 6.07) is 13.3. The predicted octanol–water partition coefficient (Wildman–Crippen LogP) is 5.70. The Labute approximate surface area is 219 Å². The third-order valence-corrected chi connectivity index (χ3v) is 6.87. The Kier molecular flexibility index (Phi) is 7.06. The lowest BCUT2D eigenvalue weighted by molar-refractivity contribution is -0.127. The molecule has 0 aliphatic carbocycles. The molecule has 0 unspecified atom stereocenters. The molecule has 0 spiro atoms. The van der Waals surface area contributed by atoms with Crippen LogP contribution in [-0.2, 0) is 11.4 Å². The van der Waals surface area contributed by atoms with Crippen molar-refractivity contribution in [3.05, 3.63) is 89.5 Å². The summed E-state index contributed by atoms with van der Waals surface area (Å²) < 4.78 is 5.84. The van der Waals surface area contributed by atoms with E-state index < -0.39 is 0 Å². The van der Waals surface area contributed by atoms with Crippen molar-refractivity contribution in [3.8, 4) is 11.8 Å². The summed E-state index contributed by atoms with van der Waals surface area (Å²) in [5.74, 6) is 0.726. The van der Waals surface area contributed by atoms with E-state index in [0.717, 1.165) is 35.2 Å². The molecule has 5 rings (SSSR count). The molecule has 37 heavy (non-hydrogen) atoms. The Hall–Kier alpha value is -4.35. The summed E-state index contributed by atoms with van der Waals surface area (Å²) >= 11 is 6.53. The van der Waals surface area contributed by atoms with Gasteiger partial charge in [0.2, 0.25) is 5.91 Å². The van der Waals surface area contributed by atoms with Crippen molar-refractivity contribution in [3.63, 3.8) is 0 Å². The highest BCUT2D eigenvalue weighted by molar-refractivity contribution is 6.32. The van der Waals surface area contributed by atoms with Crippen LogP contribution < -0.4 is 10.1 Å². The van der Waals surface area contributed by atoms with E-state index in [-0.39, 0.29) is 11.8 Å². The number of H-pyrrole nitrogens is 1. The van der Waals surface area contributed by atoms with Gasteiger partial charge in [0.25, 0.3) is 0 Å². The summed E-state index contributed by atoms with van der Waals surface area (Å²) in [7, 11) is 0. The first kappa shape index (κ1) is 24.3. The number of rotatable bonds is 7. The molecule has 1 saturated heterocycles. The minimum atomic E-state index is -0.0440. The zero-order chi connectivity index (χ0) is 25.8. The lowest BCUT2D eigenvalue weighted by atomic mass is 9.88. The number of nitriles is 1. The Morgan fingerprint density at radius 2 is 2.14 bits per heavy atom. The highest BCUT2D eigenvalue weighted by Crippen LogP contribution is 2.39. The van der Waals surface area contributed by atoms with Crippen LogP contribution in [0.2, 0.25) is 5.02 Å². The molecule has 2 N–H and O–H groups in total. The van der Waals surface area contributed by atoms with Crippen LogP contribution in [0, 0.1) is 11.3 Å². The molecule has 8 nitrogen and oxygen atoms in total. The normalized spacial score (nSPS) is 13.8. The van der Waals surface area contributed by atoms with E-state index in [0.29, 0.717) is 47.4 Å². The molecule has 1 aliphatic heterocycles. The fourth-order valence-corrected chi connectivity index (χ4v) is 4.91. The van der Waals surface area contributed by atoms with E-state index in [1.807, 2.05) is 35.4 Å². The van der Waals surface area contributed by atoms with E-state index in [1.54, 1.807) is 24.5 Å². The first-order valence-electron chi connectivity index (χ1n) is 12.0. The van der Waals surface area contributed by atoms with Crippen LogP contribution in [0.3, 0.4) is 0 Å². The van der Waals surface area contributed by atoms with Crippen molar-refractivity contribution in [2.24, 2.45) is 0 Å². The first-order chi connectivity index (χ1) is 18.1. The zero-order valence-electron chi connectivity index (χ0n) is 20.1. The van der Waals surface area contributed by atoms with Gasteiger partial charge in [0.05, 0.1) is 22.0 Å². The molecule has 0 bridgehead atoms. The van der Waals surface area contributed by atoms with Crippen LogP contribution in [0.15, 0.2) is 67.6 Å². The second kappa shape index (κ2) is 10.7. The highest BCUT2D eigenvalue weighted by Gasteiger charge is 2.26. The minimum absolute atomic E-state index is 0.0440. The summed E-state index contributed by atoms with van der Waals surface area (Å²) in [5, 5.41) is 14.6. The Morgan fingerprint density at radius 3 is 2.84 bits per heavy atom. The van der Waals surface area contributed by atoms with Gasteiger partial charge >= 0.3 is 0 Å². The summed E-state index contributed by atoms with van der Waals surface area (Å²) in [6.45, 7) is 5.21. The average molecular weight is 513 g/mol. The number of aromatic nitrogens is 3. The van der Waals surface area contributed by atoms with Crippen molar-refractivity contribution < 1.29 is 9.53 Å². The van der Waals surface area contributed by atoms with E-state index >= 15 is 0 Å². The van der Waals surface area contributed by atoms with Gasteiger partial charge in [0, 0.05) is 42.8 Å². The van der Waals surface area contributed by atoms with Gasteiger partial charge < -0.3 is 19.9 Å². The monoisotopic (exact) mass is 512 g/mol. The van der Waals surface area contributed by atoms with Crippen LogP contribution >= 0.6 is 11.6 Å². The molecule has 1 aromatic carbocycles. The number of nitrogens with one attached hydrogen (secondary N) is 2. The van der Waals surface area contributed by atoms with Crippen molar-refractivity contribution >= 4 is 39.9 Å². The second-order valence-electron chi connectivity index (χ2n) is 8.81. The third-order valence-electron chi connectivity index (χ3n) is 6.58. The molecule has 4 aromatic rings. The molecule has 186 valence electrons. The minimum Gasteiger partial charge on any atom is -0.486 e. The summed E-state index contributed by atoms with van der Waals surface area (Å²) in [6.07, 6.45) is 8.23. The van der Waals surface area contributed by atoms with Gasteiger partial charge in [-0.05, 0) is 60.7 Å². The fourth-order valence-electron chi connectivity index (χ4n) is 4.67. The molecule has 3 aromatic heterocycles. The molecule has 9 heteroatoms. The van der Waals surface area contributed by atoms with Crippen molar-refractivity contribution in [1.82, 2.24) is 19.9 Å². The topological polar surface area (TPSA) is 107 Å². The summed E-state index contributed by atoms with van der Waals surface area (Å²) in [4.78, 5) is 25.8. The molecule has 0 radical (unpaired) electrons. The smallest absolute Gasteiger partial charge is 0.245 e. The van der Waals surface area contributed by atoms with Gasteiger partial charge in [-0.2, -0.15) is 5.26 Å². The maximum Gasteiger partial charge on any atom is 0.245 e. The highest BCUT2D eigenvalue weighted by atomic mass is 35.5. The number of carbonyl (C=O) groups excluding carboxylic acids is 1. The molecule has 1 fully saturated rings. The third kappa shape index (κ3) is 5.13. The number of hydrogen-bond donors (Lipinski definition) is 2. The Morgan fingerprint density at radius 1 is 1.30 bits per heavy atom. The maximum absolute atomic E-state index is 12.0. The number of halogens is 1. The van der Waals surface area contributed by atoms with Crippen LogP contribution in [0.25, 0.3) is 11.0 Å². The number of hydrogen-bond acceptors (Lipinski definition) is 6. The van der Waals surface area contributed by atoms with Crippen LogP contribution in [0.1, 0.15) is 35.6 Å². The second-order valence-corrected chi connectivity index (χ2v) is 9.22. The van der Waals surface area contributed by atoms with Gasteiger partial charge in [-0.25, -0.2) is 4.98 Å². The Bertz CT molecular complexity index is 1490. The van der Waals surface area contributed by atoms with Gasteiger partial charge in [0.1, 0.15) is 24.1 Å². The molecule has 4 heterocycles. The van der Waals surface area contributed by atoms with Gasteiger partial charge in [-0.15, -0.1) is 0 Å². The van der Waals surface area contributed by atoms with Crippen molar-refractivity contribution in [2.45, 2.75) is 25.4 Å². The van der Waals surface area contributed by atoms with Gasteiger partial charge in [0.15, 0.2) is 0 Å². The molecule has 1 aliphatic rings. The number of nitrogens with zero attached hydrogens (tertiary/aromatic N) is 4. The standard InChI is InChI=1S/C28H25ClN6O2/c1-2-25(36)35-11-8-18(9-12-35)22-16-33-28-26(22)27(19(14-30)15-32-28)34-20-6-7-24(23(29)13-20)37-17-21-5-3-4-10-31-21/h2-7,10,13,15-16,18H,1,8-9,11-12,17H2,(H2,32,33,34). The lowest BCUT2D eigenvalue weighted by Gasteiger charge is -2.31. The van der Waals surface area contributed by atoms with Crippen LogP contribution in [0.5, 0.6) is 5.75 Å². The lowest BCUT2D eigenvalue weighted by Crippen LogP contribution is -2.36. The molecular formula is C28H25ClN6O2. The van der Waals surface area contributed by atoms with E-state index in [9.17, 15) is 10.1 Å². The van der Waals surface area contributed by atoms with E-state index in [1.165, 1.54) is 6.08 Å². The zero-order valence-corrected chi connectivity index (χ0v) is 20.8. The number of piperidine rings is 1. The van der Waals surface area contributed by atoms with Crippen molar-refractivity contribution in [1.29, 1.82) is 5.26 Å². The largest absolute Gasteiger partial charge is 0.486 e. The van der Waals surface area contributed by atoms with E-state index in [4.69, 9.17) is 16.3 Å².